The second-order valence-electron chi connectivity index (χ2n) is 8.13. The third-order valence-corrected chi connectivity index (χ3v) is 5.90. The Labute approximate surface area is 182 Å². The average molecular weight is 421 g/mol. The number of benzene rings is 1. The minimum Gasteiger partial charge on any atom is -0.369 e. The molecule has 2 aromatic heterocycles. The molecule has 0 radical (unpaired) electrons. The maximum atomic E-state index is 5.88. The first-order chi connectivity index (χ1) is 15.2. The third kappa shape index (κ3) is 4.33. The van der Waals surface area contributed by atoms with Gasteiger partial charge in [-0.3, -0.25) is 9.52 Å². The lowest BCUT2D eigenvalue weighted by molar-refractivity contribution is 0.157. The summed E-state index contributed by atoms with van der Waals surface area (Å²) in [4.78, 5) is 19.5. The molecular formula is C22H28N8O. The first-order valence-corrected chi connectivity index (χ1v) is 10.7. The number of nitrogens with zero attached hydrogens (tertiary/aromatic N) is 7. The molecule has 0 saturated carbocycles. The van der Waals surface area contributed by atoms with Crippen LogP contribution in [0.1, 0.15) is 18.0 Å². The topological polar surface area (TPSA) is 74.6 Å². The molecule has 0 aliphatic carbocycles. The molecule has 1 N–H and O–H groups in total. The Morgan fingerprint density at radius 3 is 2.58 bits per heavy atom. The van der Waals surface area contributed by atoms with Crippen molar-refractivity contribution in [3.05, 3.63) is 54.6 Å². The van der Waals surface area contributed by atoms with Crippen LogP contribution in [0, 0.1) is 0 Å². The monoisotopic (exact) mass is 420 g/mol. The highest BCUT2D eigenvalue weighted by Crippen LogP contribution is 2.34. The number of piperazine rings is 1. The molecule has 162 valence electrons. The summed E-state index contributed by atoms with van der Waals surface area (Å²) in [6.45, 7) is 4.98. The molecule has 0 amide bonds. The van der Waals surface area contributed by atoms with E-state index < -0.39 is 0 Å². The van der Waals surface area contributed by atoms with Crippen molar-refractivity contribution in [3.63, 3.8) is 0 Å². The molecule has 9 heteroatoms. The van der Waals surface area contributed by atoms with Crippen molar-refractivity contribution in [1.29, 1.82) is 0 Å². The summed E-state index contributed by atoms with van der Waals surface area (Å²) in [5.74, 6) is 1.47. The van der Waals surface area contributed by atoms with E-state index in [1.807, 2.05) is 35.3 Å². The Hall–Kier alpha value is -3.17. The molecule has 4 heterocycles. The average Bonchev–Trinajstić information content (AvgIpc) is 3.44. The van der Waals surface area contributed by atoms with Crippen LogP contribution in [-0.2, 0) is 11.9 Å². The van der Waals surface area contributed by atoms with Crippen LogP contribution in [0.5, 0.6) is 0 Å². The van der Waals surface area contributed by atoms with E-state index in [1.165, 1.54) is 5.69 Å². The van der Waals surface area contributed by atoms with Gasteiger partial charge in [0, 0.05) is 68.8 Å². The molecule has 2 aliphatic heterocycles. The molecule has 2 saturated heterocycles. The normalized spacial score (nSPS) is 19.7. The zero-order valence-electron chi connectivity index (χ0n) is 18.0. The van der Waals surface area contributed by atoms with Crippen LogP contribution < -0.4 is 15.3 Å². The zero-order chi connectivity index (χ0) is 21.2. The molecule has 1 atom stereocenters. The second kappa shape index (κ2) is 8.52. The van der Waals surface area contributed by atoms with Crippen LogP contribution in [0.2, 0.25) is 0 Å². The highest BCUT2D eigenvalue weighted by Gasteiger charge is 2.30. The largest absolute Gasteiger partial charge is 0.369 e. The van der Waals surface area contributed by atoms with E-state index in [-0.39, 0.29) is 6.04 Å². The van der Waals surface area contributed by atoms with Gasteiger partial charge in [0.2, 0.25) is 0 Å². The van der Waals surface area contributed by atoms with Crippen LogP contribution >= 0.6 is 0 Å². The summed E-state index contributed by atoms with van der Waals surface area (Å²) < 4.78 is 1.81. The molecule has 1 unspecified atom stereocenters. The van der Waals surface area contributed by atoms with Gasteiger partial charge < -0.3 is 15.1 Å². The number of likely N-dealkylation sites (N-methyl/N-ethyl adjacent to an activating group) is 1. The van der Waals surface area contributed by atoms with Gasteiger partial charge in [0.1, 0.15) is 12.1 Å². The van der Waals surface area contributed by atoms with E-state index in [2.05, 4.69) is 61.5 Å². The fourth-order valence-electron chi connectivity index (χ4n) is 4.11. The third-order valence-electron chi connectivity index (χ3n) is 5.90. The van der Waals surface area contributed by atoms with Crippen molar-refractivity contribution in [2.45, 2.75) is 12.5 Å². The second-order valence-corrected chi connectivity index (χ2v) is 8.13. The molecule has 2 fully saturated rings. The number of aromatic nitrogens is 4. The van der Waals surface area contributed by atoms with E-state index in [9.17, 15) is 0 Å². The van der Waals surface area contributed by atoms with Crippen LogP contribution in [0.15, 0.2) is 49.1 Å². The van der Waals surface area contributed by atoms with Crippen LogP contribution in [0.25, 0.3) is 0 Å². The van der Waals surface area contributed by atoms with Crippen molar-refractivity contribution < 1.29 is 4.84 Å². The number of anilines is 4. The smallest absolute Gasteiger partial charge is 0.158 e. The van der Waals surface area contributed by atoms with Gasteiger partial charge in [-0.1, -0.05) is 0 Å². The SMILES string of the molecule is CN1CCN(c2ccc(Nc3cc(N4OCCC4c4cnn(C)c4)ncn3)cc2)CC1. The van der Waals surface area contributed by atoms with Gasteiger partial charge in [-0.25, -0.2) is 15.0 Å². The molecule has 31 heavy (non-hydrogen) atoms. The lowest BCUT2D eigenvalue weighted by Gasteiger charge is -2.34. The van der Waals surface area contributed by atoms with Crippen molar-refractivity contribution in [3.8, 4) is 0 Å². The van der Waals surface area contributed by atoms with Crippen LogP contribution in [-0.4, -0.2) is 64.5 Å². The molecule has 1 aromatic carbocycles. The summed E-state index contributed by atoms with van der Waals surface area (Å²) in [7, 11) is 4.10. The predicted molar refractivity (Wildman–Crippen MR) is 120 cm³/mol. The molecule has 0 spiro atoms. The van der Waals surface area contributed by atoms with Crippen molar-refractivity contribution in [1.82, 2.24) is 24.6 Å². The van der Waals surface area contributed by atoms with Gasteiger partial charge >= 0.3 is 0 Å². The molecule has 0 bridgehead atoms. The summed E-state index contributed by atoms with van der Waals surface area (Å²) in [5.41, 5.74) is 3.37. The Balaban J connectivity index is 1.28. The minimum absolute atomic E-state index is 0.0966. The first kappa shape index (κ1) is 19.8. The minimum atomic E-state index is 0.0966. The Kier molecular flexibility index (Phi) is 5.44. The van der Waals surface area contributed by atoms with E-state index >= 15 is 0 Å². The maximum absolute atomic E-state index is 5.88. The fourth-order valence-corrected chi connectivity index (χ4v) is 4.11. The highest BCUT2D eigenvalue weighted by atomic mass is 16.7. The summed E-state index contributed by atoms with van der Waals surface area (Å²) in [5, 5.41) is 9.54. The first-order valence-electron chi connectivity index (χ1n) is 10.7. The van der Waals surface area contributed by atoms with E-state index in [4.69, 9.17) is 4.84 Å². The van der Waals surface area contributed by atoms with Gasteiger partial charge in [0.25, 0.3) is 0 Å². The number of rotatable bonds is 5. The Morgan fingerprint density at radius 2 is 1.84 bits per heavy atom. The summed E-state index contributed by atoms with van der Waals surface area (Å²) in [6, 6.07) is 10.5. The zero-order valence-corrected chi connectivity index (χ0v) is 18.0. The standard InChI is InChI=1S/C22H28N8O/c1-27-8-10-29(11-9-27)19-5-3-18(4-6-19)26-21-13-22(24-16-23-21)30-20(7-12-31-30)17-14-25-28(2)15-17/h3-6,13-16,20H,7-12H2,1-2H3,(H,23,24,26). The molecule has 2 aliphatic rings. The highest BCUT2D eigenvalue weighted by molar-refractivity contribution is 5.62. The van der Waals surface area contributed by atoms with Crippen molar-refractivity contribution >= 4 is 23.0 Å². The van der Waals surface area contributed by atoms with Crippen molar-refractivity contribution in [2.24, 2.45) is 7.05 Å². The number of hydrogen-bond acceptors (Lipinski definition) is 8. The van der Waals surface area contributed by atoms with Crippen LogP contribution in [0.4, 0.5) is 23.0 Å². The van der Waals surface area contributed by atoms with Crippen molar-refractivity contribution in [2.75, 3.05) is 55.1 Å². The number of hydrogen-bond donors (Lipinski definition) is 1. The molecule has 5 rings (SSSR count). The number of aryl methyl sites for hydroxylation is 1. The van der Waals surface area contributed by atoms with Crippen LogP contribution in [0.3, 0.4) is 0 Å². The van der Waals surface area contributed by atoms with Gasteiger partial charge in [-0.15, -0.1) is 0 Å². The van der Waals surface area contributed by atoms with E-state index in [0.29, 0.717) is 6.61 Å². The molecular weight excluding hydrogens is 392 g/mol. The van der Waals surface area contributed by atoms with E-state index in [0.717, 1.165) is 55.5 Å². The number of nitrogens with one attached hydrogen (secondary N) is 1. The van der Waals surface area contributed by atoms with Gasteiger partial charge in [-0.2, -0.15) is 5.10 Å². The van der Waals surface area contributed by atoms with E-state index in [1.54, 1.807) is 6.33 Å². The molecule has 3 aromatic rings. The van der Waals surface area contributed by atoms with Gasteiger partial charge in [0.05, 0.1) is 18.8 Å². The summed E-state index contributed by atoms with van der Waals surface area (Å²) in [6.07, 6.45) is 6.37. The van der Waals surface area contributed by atoms with Gasteiger partial charge in [-0.05, 0) is 31.3 Å². The Morgan fingerprint density at radius 1 is 1.03 bits per heavy atom. The number of hydroxylamine groups is 1. The summed E-state index contributed by atoms with van der Waals surface area (Å²) >= 11 is 0. The maximum Gasteiger partial charge on any atom is 0.158 e. The lowest BCUT2D eigenvalue weighted by Crippen LogP contribution is -2.44. The fraction of sp³-hybridized carbons (Fsp3) is 0.409. The predicted octanol–water partition coefficient (Wildman–Crippen LogP) is 2.59. The lowest BCUT2D eigenvalue weighted by atomic mass is 10.1. The Bertz CT molecular complexity index is 1010. The quantitative estimate of drug-likeness (QED) is 0.675. The van der Waals surface area contributed by atoms with Gasteiger partial charge in [0.15, 0.2) is 5.82 Å². The molecule has 9 nitrogen and oxygen atoms in total.